The van der Waals surface area contributed by atoms with Crippen LogP contribution < -0.4 is 5.32 Å². The van der Waals surface area contributed by atoms with Crippen LogP contribution in [0.3, 0.4) is 0 Å². The number of aromatic carboxylic acids is 1. The van der Waals surface area contributed by atoms with Crippen molar-refractivity contribution in [1.82, 2.24) is 9.36 Å². The van der Waals surface area contributed by atoms with Gasteiger partial charge in [-0.25, -0.2) is 4.79 Å². The molecule has 2 aromatic rings. The summed E-state index contributed by atoms with van der Waals surface area (Å²) in [6.45, 7) is 0.687. The molecule has 0 aliphatic rings. The molecule has 0 saturated carbocycles. The average Bonchev–Trinajstić information content (AvgIpc) is 2.93. The molecule has 0 aliphatic heterocycles. The van der Waals surface area contributed by atoms with Gasteiger partial charge in [0.05, 0.1) is 0 Å². The molecule has 1 aromatic carbocycles. The number of carboxylic acid groups (broad SMARTS) is 1. The molecule has 0 spiro atoms. The van der Waals surface area contributed by atoms with Crippen LogP contribution in [0, 0.1) is 5.92 Å². The zero-order chi connectivity index (χ0) is 14.4. The maximum atomic E-state index is 10.7. The number of rotatable bonds is 7. The first-order valence-electron chi connectivity index (χ1n) is 6.14. The molecule has 7 heteroatoms. The van der Waals surface area contributed by atoms with Gasteiger partial charge in [-0.15, -0.1) is 0 Å². The van der Waals surface area contributed by atoms with Crippen LogP contribution in [0.2, 0.25) is 0 Å². The number of carbonyl (C=O) groups is 1. The van der Waals surface area contributed by atoms with E-state index in [9.17, 15) is 4.79 Å². The quantitative estimate of drug-likeness (QED) is 0.685. The fourth-order valence-corrected chi connectivity index (χ4v) is 2.59. The van der Waals surface area contributed by atoms with E-state index in [2.05, 4.69) is 39.4 Å². The smallest absolute Gasteiger partial charge is 0.375 e. The number of hydrogen-bond acceptors (Lipinski definition) is 6. The van der Waals surface area contributed by atoms with E-state index >= 15 is 0 Å². The van der Waals surface area contributed by atoms with Crippen LogP contribution in [0.15, 0.2) is 30.3 Å². The minimum absolute atomic E-state index is 0.164. The molecule has 1 aromatic heterocycles. The van der Waals surface area contributed by atoms with Gasteiger partial charge < -0.3 is 10.4 Å². The van der Waals surface area contributed by atoms with Crippen LogP contribution in [0.4, 0.5) is 5.13 Å². The van der Waals surface area contributed by atoms with Gasteiger partial charge in [-0.1, -0.05) is 30.3 Å². The molecule has 0 aliphatic carbocycles. The topological polar surface area (TPSA) is 75.1 Å². The highest BCUT2D eigenvalue weighted by Gasteiger charge is 2.12. The molecule has 0 bridgehead atoms. The van der Waals surface area contributed by atoms with Crippen molar-refractivity contribution in [2.75, 3.05) is 17.6 Å². The summed E-state index contributed by atoms with van der Waals surface area (Å²) >= 11 is 5.42. The number of nitrogens with one attached hydrogen (secondary N) is 1. The zero-order valence-corrected chi connectivity index (χ0v) is 12.4. The minimum atomic E-state index is -1.11. The summed E-state index contributed by atoms with van der Waals surface area (Å²) in [6.07, 6.45) is 0.919. The van der Waals surface area contributed by atoms with Crippen molar-refractivity contribution in [3.8, 4) is 0 Å². The first-order chi connectivity index (χ1) is 9.69. The summed E-state index contributed by atoms with van der Waals surface area (Å²) in [5.74, 6) is -0.183. The Labute approximate surface area is 126 Å². The zero-order valence-electron chi connectivity index (χ0n) is 10.7. The molecule has 0 fully saturated rings. The largest absolute Gasteiger partial charge is 0.475 e. The Morgan fingerprint density at radius 1 is 1.40 bits per heavy atom. The van der Waals surface area contributed by atoms with Crippen molar-refractivity contribution < 1.29 is 9.90 Å². The maximum absolute atomic E-state index is 10.7. The summed E-state index contributed by atoms with van der Waals surface area (Å²) in [4.78, 5) is 14.6. The van der Waals surface area contributed by atoms with Gasteiger partial charge in [-0.05, 0) is 23.7 Å². The van der Waals surface area contributed by atoms with Crippen LogP contribution in [0.1, 0.15) is 16.2 Å². The van der Waals surface area contributed by atoms with Crippen LogP contribution in [-0.2, 0) is 6.42 Å². The fraction of sp³-hybridized carbons (Fsp3) is 0.308. The number of carboxylic acids is 1. The molecule has 1 atom stereocenters. The number of hydrogen-bond donors (Lipinski definition) is 3. The van der Waals surface area contributed by atoms with E-state index in [0.717, 1.165) is 23.7 Å². The molecular formula is C13H15N3O2S2. The van der Waals surface area contributed by atoms with E-state index in [-0.39, 0.29) is 5.82 Å². The number of aromatic nitrogens is 2. The summed E-state index contributed by atoms with van der Waals surface area (Å²) in [5.41, 5.74) is 1.26. The lowest BCUT2D eigenvalue weighted by molar-refractivity contribution is 0.0685. The van der Waals surface area contributed by atoms with E-state index in [1.165, 1.54) is 5.56 Å². The molecule has 1 heterocycles. The molecule has 5 nitrogen and oxygen atoms in total. The lowest BCUT2D eigenvalue weighted by Gasteiger charge is -2.14. The Balaban J connectivity index is 1.88. The molecule has 0 saturated heterocycles. The number of nitrogens with zero attached hydrogens (tertiary/aromatic N) is 2. The second-order valence-electron chi connectivity index (χ2n) is 4.35. The molecular weight excluding hydrogens is 294 g/mol. The average molecular weight is 309 g/mol. The van der Waals surface area contributed by atoms with Crippen LogP contribution >= 0.6 is 24.2 Å². The molecule has 20 heavy (non-hydrogen) atoms. The van der Waals surface area contributed by atoms with Crippen molar-refractivity contribution in [2.45, 2.75) is 6.42 Å². The molecule has 2 rings (SSSR count). The maximum Gasteiger partial charge on any atom is 0.375 e. The van der Waals surface area contributed by atoms with Crippen molar-refractivity contribution in [3.63, 3.8) is 0 Å². The second kappa shape index (κ2) is 7.25. The Hall–Kier alpha value is -1.60. The van der Waals surface area contributed by atoms with E-state index in [1.807, 2.05) is 18.2 Å². The molecule has 1 unspecified atom stereocenters. The van der Waals surface area contributed by atoms with Crippen molar-refractivity contribution in [3.05, 3.63) is 41.7 Å². The predicted octanol–water partition coefficient (Wildman–Crippen LogP) is 2.44. The van der Waals surface area contributed by atoms with E-state index in [0.29, 0.717) is 17.6 Å². The van der Waals surface area contributed by atoms with E-state index in [1.54, 1.807) is 0 Å². The van der Waals surface area contributed by atoms with Gasteiger partial charge >= 0.3 is 5.97 Å². The second-order valence-corrected chi connectivity index (χ2v) is 5.46. The molecule has 106 valence electrons. The third kappa shape index (κ3) is 4.21. The summed E-state index contributed by atoms with van der Waals surface area (Å²) < 4.78 is 3.75. The Kier molecular flexibility index (Phi) is 5.37. The first kappa shape index (κ1) is 14.8. The van der Waals surface area contributed by atoms with Gasteiger partial charge in [0.2, 0.25) is 5.13 Å². The van der Waals surface area contributed by atoms with Crippen LogP contribution in [-0.4, -0.2) is 32.7 Å². The Morgan fingerprint density at radius 2 is 2.15 bits per heavy atom. The fourth-order valence-electron chi connectivity index (χ4n) is 1.76. The summed E-state index contributed by atoms with van der Waals surface area (Å²) in [7, 11) is 0. The Morgan fingerprint density at radius 3 is 2.75 bits per heavy atom. The van der Waals surface area contributed by atoms with Gasteiger partial charge in [0.15, 0.2) is 0 Å². The Bertz CT molecular complexity index is 560. The van der Waals surface area contributed by atoms with Crippen LogP contribution in [0.25, 0.3) is 0 Å². The van der Waals surface area contributed by atoms with E-state index in [4.69, 9.17) is 5.11 Å². The van der Waals surface area contributed by atoms with Gasteiger partial charge in [-0.3, -0.25) is 0 Å². The highest BCUT2D eigenvalue weighted by atomic mass is 32.1. The van der Waals surface area contributed by atoms with Crippen molar-refractivity contribution in [1.29, 1.82) is 0 Å². The van der Waals surface area contributed by atoms with Gasteiger partial charge in [0.1, 0.15) is 0 Å². The SMILES string of the molecule is O=C(O)c1nsc(NCC(CS)Cc2ccccc2)n1. The molecule has 0 amide bonds. The number of anilines is 1. The third-order valence-electron chi connectivity index (χ3n) is 2.78. The highest BCUT2D eigenvalue weighted by molar-refractivity contribution is 7.80. The van der Waals surface area contributed by atoms with Crippen molar-refractivity contribution >= 4 is 35.3 Å². The van der Waals surface area contributed by atoms with Gasteiger partial charge in [0, 0.05) is 18.1 Å². The van der Waals surface area contributed by atoms with Crippen LogP contribution in [0.5, 0.6) is 0 Å². The lowest BCUT2D eigenvalue weighted by atomic mass is 10.0. The normalized spacial score (nSPS) is 12.1. The molecule has 0 radical (unpaired) electrons. The number of benzene rings is 1. The van der Waals surface area contributed by atoms with Crippen molar-refractivity contribution in [2.24, 2.45) is 5.92 Å². The standard InChI is InChI=1S/C13H15N3O2S2/c17-12(18)11-15-13(20-16-11)14-7-10(8-19)6-9-4-2-1-3-5-9/h1-5,10,19H,6-8H2,(H,17,18)(H,14,15,16). The van der Waals surface area contributed by atoms with Gasteiger partial charge in [-0.2, -0.15) is 22.0 Å². The monoisotopic (exact) mass is 309 g/mol. The highest BCUT2D eigenvalue weighted by Crippen LogP contribution is 2.14. The van der Waals surface area contributed by atoms with E-state index < -0.39 is 5.97 Å². The predicted molar refractivity (Wildman–Crippen MR) is 82.8 cm³/mol. The number of thiol groups is 1. The summed E-state index contributed by atoms with van der Waals surface area (Å²) in [5, 5.41) is 12.4. The third-order valence-corrected chi connectivity index (χ3v) is 3.97. The van der Waals surface area contributed by atoms with Gasteiger partial charge in [0.25, 0.3) is 5.82 Å². The summed E-state index contributed by atoms with van der Waals surface area (Å²) in [6, 6.07) is 10.2. The lowest BCUT2D eigenvalue weighted by Crippen LogP contribution is -2.18. The first-order valence-corrected chi connectivity index (χ1v) is 7.55. The minimum Gasteiger partial charge on any atom is -0.475 e. The molecule has 2 N–H and O–H groups in total.